The quantitative estimate of drug-likeness (QED) is 0.878. The second-order valence-corrected chi connectivity index (χ2v) is 4.98. The molecule has 0 amide bonds. The van der Waals surface area contributed by atoms with Crippen LogP contribution in [0.25, 0.3) is 11.3 Å². The topological polar surface area (TPSA) is 67.0 Å². The fourth-order valence-corrected chi connectivity index (χ4v) is 1.75. The van der Waals surface area contributed by atoms with E-state index in [1.54, 1.807) is 7.11 Å². The largest absolute Gasteiger partial charge is 0.497 e. The standard InChI is InChI=1S/C15H19N3O2/c1-10(2)9-16-15-17-13(8-14(19)18-15)11-4-6-12(20-3)7-5-11/h4-8,10H,9H2,1-3H3,(H2,16,17,18,19). The summed E-state index contributed by atoms with van der Waals surface area (Å²) in [4.78, 5) is 18.8. The zero-order valence-electron chi connectivity index (χ0n) is 11.9. The van der Waals surface area contributed by atoms with Gasteiger partial charge in [-0.2, -0.15) is 0 Å². The number of methoxy groups -OCH3 is 1. The molecule has 0 spiro atoms. The Hall–Kier alpha value is -2.30. The first kappa shape index (κ1) is 14.1. The molecule has 106 valence electrons. The van der Waals surface area contributed by atoms with Crippen LogP contribution >= 0.6 is 0 Å². The summed E-state index contributed by atoms with van der Waals surface area (Å²) in [5.74, 6) is 1.75. The van der Waals surface area contributed by atoms with Crippen LogP contribution in [-0.4, -0.2) is 23.6 Å². The van der Waals surface area contributed by atoms with Crippen molar-refractivity contribution in [3.63, 3.8) is 0 Å². The molecule has 5 heteroatoms. The molecule has 0 aliphatic carbocycles. The van der Waals surface area contributed by atoms with Gasteiger partial charge in [-0.15, -0.1) is 0 Å². The van der Waals surface area contributed by atoms with Crippen LogP contribution in [0.2, 0.25) is 0 Å². The van der Waals surface area contributed by atoms with Gasteiger partial charge in [0, 0.05) is 18.2 Å². The smallest absolute Gasteiger partial charge is 0.252 e. The van der Waals surface area contributed by atoms with Crippen molar-refractivity contribution in [3.8, 4) is 17.0 Å². The van der Waals surface area contributed by atoms with Crippen LogP contribution in [0.4, 0.5) is 5.95 Å². The maximum Gasteiger partial charge on any atom is 0.252 e. The Bertz CT molecular complexity index is 618. The number of hydrogen-bond acceptors (Lipinski definition) is 4. The van der Waals surface area contributed by atoms with Crippen molar-refractivity contribution in [2.24, 2.45) is 5.92 Å². The minimum Gasteiger partial charge on any atom is -0.497 e. The van der Waals surface area contributed by atoms with E-state index in [0.717, 1.165) is 17.9 Å². The fraction of sp³-hybridized carbons (Fsp3) is 0.333. The van der Waals surface area contributed by atoms with Gasteiger partial charge in [-0.05, 0) is 30.2 Å². The Morgan fingerprint density at radius 2 is 2.00 bits per heavy atom. The van der Waals surface area contributed by atoms with Crippen molar-refractivity contribution in [2.75, 3.05) is 19.0 Å². The number of rotatable bonds is 5. The number of benzene rings is 1. The molecule has 2 rings (SSSR count). The van der Waals surface area contributed by atoms with E-state index in [0.29, 0.717) is 17.6 Å². The van der Waals surface area contributed by atoms with Crippen LogP contribution in [0.5, 0.6) is 5.75 Å². The van der Waals surface area contributed by atoms with Crippen LogP contribution in [0.3, 0.4) is 0 Å². The predicted molar refractivity (Wildman–Crippen MR) is 80.2 cm³/mol. The Balaban J connectivity index is 2.28. The lowest BCUT2D eigenvalue weighted by Crippen LogP contribution is -2.15. The summed E-state index contributed by atoms with van der Waals surface area (Å²) in [6.45, 7) is 4.95. The first-order valence-electron chi connectivity index (χ1n) is 6.58. The van der Waals surface area contributed by atoms with Crippen LogP contribution in [0, 0.1) is 5.92 Å². The zero-order valence-corrected chi connectivity index (χ0v) is 11.9. The molecule has 0 unspecified atom stereocenters. The molecule has 0 saturated carbocycles. The SMILES string of the molecule is COc1ccc(-c2cc(=O)[nH]c(NCC(C)C)n2)cc1. The highest BCUT2D eigenvalue weighted by atomic mass is 16.5. The summed E-state index contributed by atoms with van der Waals surface area (Å²) in [5, 5.41) is 3.13. The lowest BCUT2D eigenvalue weighted by atomic mass is 10.1. The summed E-state index contributed by atoms with van der Waals surface area (Å²) in [6.07, 6.45) is 0. The first-order chi connectivity index (χ1) is 9.58. The number of anilines is 1. The van der Waals surface area contributed by atoms with Crippen molar-refractivity contribution in [1.82, 2.24) is 9.97 Å². The molecule has 0 saturated heterocycles. The summed E-state index contributed by atoms with van der Waals surface area (Å²) in [6, 6.07) is 8.95. The molecule has 2 aromatic rings. The fourth-order valence-electron chi connectivity index (χ4n) is 1.75. The molecule has 0 bridgehead atoms. The summed E-state index contributed by atoms with van der Waals surface area (Å²) in [5.41, 5.74) is 1.35. The van der Waals surface area contributed by atoms with E-state index in [1.165, 1.54) is 6.07 Å². The first-order valence-corrected chi connectivity index (χ1v) is 6.58. The van der Waals surface area contributed by atoms with Crippen molar-refractivity contribution >= 4 is 5.95 Å². The molecule has 0 radical (unpaired) electrons. The third kappa shape index (κ3) is 3.60. The molecular formula is C15H19N3O2. The van der Waals surface area contributed by atoms with E-state index in [9.17, 15) is 4.79 Å². The van der Waals surface area contributed by atoms with E-state index < -0.39 is 0 Å². The van der Waals surface area contributed by atoms with E-state index in [4.69, 9.17) is 4.74 Å². The predicted octanol–water partition coefficient (Wildman–Crippen LogP) is 2.51. The average molecular weight is 273 g/mol. The highest BCUT2D eigenvalue weighted by Gasteiger charge is 2.05. The molecule has 2 N–H and O–H groups in total. The van der Waals surface area contributed by atoms with E-state index in [2.05, 4.69) is 29.1 Å². The van der Waals surface area contributed by atoms with E-state index in [1.807, 2.05) is 24.3 Å². The molecule has 20 heavy (non-hydrogen) atoms. The molecule has 0 aliphatic rings. The number of nitrogens with zero attached hydrogens (tertiary/aromatic N) is 1. The summed E-state index contributed by atoms with van der Waals surface area (Å²) >= 11 is 0. The zero-order chi connectivity index (χ0) is 14.5. The summed E-state index contributed by atoms with van der Waals surface area (Å²) < 4.78 is 5.12. The second-order valence-electron chi connectivity index (χ2n) is 4.98. The van der Waals surface area contributed by atoms with Gasteiger partial charge in [0.05, 0.1) is 12.8 Å². The van der Waals surface area contributed by atoms with Crippen molar-refractivity contribution in [2.45, 2.75) is 13.8 Å². The Labute approximate surface area is 118 Å². The molecule has 0 fully saturated rings. The van der Waals surface area contributed by atoms with Crippen molar-refractivity contribution in [3.05, 3.63) is 40.7 Å². The van der Waals surface area contributed by atoms with Gasteiger partial charge in [-0.25, -0.2) is 4.98 Å². The van der Waals surface area contributed by atoms with Crippen LogP contribution in [0.15, 0.2) is 35.1 Å². The minimum atomic E-state index is -0.169. The maximum absolute atomic E-state index is 11.7. The van der Waals surface area contributed by atoms with Gasteiger partial charge in [0.25, 0.3) is 5.56 Å². The van der Waals surface area contributed by atoms with Gasteiger partial charge in [0.2, 0.25) is 5.95 Å². The van der Waals surface area contributed by atoms with Gasteiger partial charge in [0.1, 0.15) is 5.75 Å². The maximum atomic E-state index is 11.7. The third-order valence-corrected chi connectivity index (χ3v) is 2.81. The highest BCUT2D eigenvalue weighted by Crippen LogP contribution is 2.20. The minimum absolute atomic E-state index is 0.169. The number of hydrogen-bond donors (Lipinski definition) is 2. The Kier molecular flexibility index (Phi) is 4.40. The Morgan fingerprint density at radius 3 is 2.60 bits per heavy atom. The number of ether oxygens (including phenoxy) is 1. The number of aromatic amines is 1. The molecule has 5 nitrogen and oxygen atoms in total. The monoisotopic (exact) mass is 273 g/mol. The molecule has 1 aromatic heterocycles. The van der Waals surface area contributed by atoms with Gasteiger partial charge in [-0.1, -0.05) is 13.8 Å². The number of aromatic nitrogens is 2. The molecule has 0 atom stereocenters. The average Bonchev–Trinajstić information content (AvgIpc) is 2.44. The number of H-pyrrole nitrogens is 1. The molecular weight excluding hydrogens is 254 g/mol. The van der Waals surface area contributed by atoms with Crippen LogP contribution in [0.1, 0.15) is 13.8 Å². The van der Waals surface area contributed by atoms with E-state index in [-0.39, 0.29) is 5.56 Å². The second kappa shape index (κ2) is 6.23. The Morgan fingerprint density at radius 1 is 1.30 bits per heavy atom. The van der Waals surface area contributed by atoms with Gasteiger partial charge in [0.15, 0.2) is 0 Å². The van der Waals surface area contributed by atoms with E-state index >= 15 is 0 Å². The molecule has 0 aliphatic heterocycles. The summed E-state index contributed by atoms with van der Waals surface area (Å²) in [7, 11) is 1.62. The van der Waals surface area contributed by atoms with Gasteiger partial charge in [-0.3, -0.25) is 9.78 Å². The number of nitrogens with one attached hydrogen (secondary N) is 2. The molecule has 1 aromatic carbocycles. The molecule has 1 heterocycles. The third-order valence-electron chi connectivity index (χ3n) is 2.81. The normalized spacial score (nSPS) is 10.6. The van der Waals surface area contributed by atoms with Gasteiger partial charge >= 0.3 is 0 Å². The van der Waals surface area contributed by atoms with Crippen molar-refractivity contribution < 1.29 is 4.74 Å². The highest BCUT2D eigenvalue weighted by molar-refractivity contribution is 5.60. The lowest BCUT2D eigenvalue weighted by molar-refractivity contribution is 0.415. The van der Waals surface area contributed by atoms with Crippen molar-refractivity contribution in [1.29, 1.82) is 0 Å². The van der Waals surface area contributed by atoms with Crippen LogP contribution in [-0.2, 0) is 0 Å². The van der Waals surface area contributed by atoms with Gasteiger partial charge < -0.3 is 10.1 Å². The van der Waals surface area contributed by atoms with Crippen LogP contribution < -0.4 is 15.6 Å². The lowest BCUT2D eigenvalue weighted by Gasteiger charge is -2.09.